The van der Waals surface area contributed by atoms with Gasteiger partial charge in [-0.3, -0.25) is 4.79 Å². The number of nitrogens with zero attached hydrogens (tertiary/aromatic N) is 2. The number of amides is 1. The van der Waals surface area contributed by atoms with Crippen molar-refractivity contribution in [1.29, 1.82) is 0 Å². The first-order valence-electron chi connectivity index (χ1n) is 11.0. The second-order valence-electron chi connectivity index (χ2n) is 8.52. The largest absolute Gasteiger partial charge is 0.417 e. The molecule has 3 aromatic rings. The van der Waals surface area contributed by atoms with Gasteiger partial charge in [-0.05, 0) is 48.6 Å². The van der Waals surface area contributed by atoms with E-state index in [1.807, 2.05) is 23.1 Å². The van der Waals surface area contributed by atoms with Crippen molar-refractivity contribution in [1.82, 2.24) is 4.98 Å². The molecule has 1 N–H and O–H groups in total. The van der Waals surface area contributed by atoms with Gasteiger partial charge in [-0.2, -0.15) is 13.2 Å². The second kappa shape index (κ2) is 9.69. The summed E-state index contributed by atoms with van der Waals surface area (Å²) in [7, 11) is -3.53. The van der Waals surface area contributed by atoms with E-state index in [-0.39, 0.29) is 22.0 Å². The molecule has 2 aromatic carbocycles. The van der Waals surface area contributed by atoms with Gasteiger partial charge < -0.3 is 10.2 Å². The second-order valence-corrected chi connectivity index (χ2v) is 10.5. The zero-order valence-corrected chi connectivity index (χ0v) is 19.7. The minimum atomic E-state index is -4.67. The topological polar surface area (TPSA) is 79.4 Å². The molecule has 1 saturated heterocycles. The SMILES string of the molecule is CS(=O)(=O)c1cccc(NC(=O)c2cc(C(F)(F)F)cnc2N2CCC(c3ccccc3)CC2)c1. The van der Waals surface area contributed by atoms with E-state index in [2.05, 4.69) is 22.4 Å². The lowest BCUT2D eigenvalue weighted by Gasteiger charge is -2.34. The first-order chi connectivity index (χ1) is 16.5. The van der Waals surface area contributed by atoms with E-state index in [1.165, 1.54) is 29.8 Å². The predicted octanol–water partition coefficient (Wildman–Crippen LogP) is 5.14. The summed E-state index contributed by atoms with van der Waals surface area (Å²) in [5.41, 5.74) is 0.110. The lowest BCUT2D eigenvalue weighted by Crippen LogP contribution is -2.35. The Morgan fingerprint density at radius 3 is 2.34 bits per heavy atom. The van der Waals surface area contributed by atoms with E-state index in [9.17, 15) is 26.4 Å². The Labute approximate surface area is 201 Å². The maximum Gasteiger partial charge on any atom is 0.417 e. The molecule has 0 radical (unpaired) electrons. The maximum absolute atomic E-state index is 13.4. The third kappa shape index (κ3) is 5.82. The van der Waals surface area contributed by atoms with Gasteiger partial charge in [-0.25, -0.2) is 13.4 Å². The number of carbonyl (C=O) groups excluding carboxylic acids is 1. The van der Waals surface area contributed by atoms with Crippen LogP contribution in [0.15, 0.2) is 71.8 Å². The molecule has 1 amide bonds. The van der Waals surface area contributed by atoms with Crippen LogP contribution in [0.2, 0.25) is 0 Å². The van der Waals surface area contributed by atoms with Crippen LogP contribution in [0.4, 0.5) is 24.7 Å². The number of anilines is 2. The van der Waals surface area contributed by atoms with Crippen molar-refractivity contribution in [3.63, 3.8) is 0 Å². The first-order valence-corrected chi connectivity index (χ1v) is 12.9. The zero-order valence-electron chi connectivity index (χ0n) is 18.9. The Kier molecular flexibility index (Phi) is 6.84. The van der Waals surface area contributed by atoms with Crippen molar-refractivity contribution in [2.45, 2.75) is 29.8 Å². The summed E-state index contributed by atoms with van der Waals surface area (Å²) in [4.78, 5) is 19.0. The molecular weight excluding hydrogens is 479 g/mol. The van der Waals surface area contributed by atoms with E-state index >= 15 is 0 Å². The van der Waals surface area contributed by atoms with Crippen molar-refractivity contribution < 1.29 is 26.4 Å². The molecule has 184 valence electrons. The molecule has 35 heavy (non-hydrogen) atoms. The predicted molar refractivity (Wildman–Crippen MR) is 127 cm³/mol. The Morgan fingerprint density at radius 1 is 1.03 bits per heavy atom. The van der Waals surface area contributed by atoms with Crippen molar-refractivity contribution in [2.24, 2.45) is 0 Å². The third-order valence-electron chi connectivity index (χ3n) is 6.02. The number of benzene rings is 2. The fraction of sp³-hybridized carbons (Fsp3) is 0.280. The van der Waals surface area contributed by atoms with Crippen molar-refractivity contribution in [3.8, 4) is 0 Å². The van der Waals surface area contributed by atoms with E-state index in [4.69, 9.17) is 0 Å². The number of aromatic nitrogens is 1. The van der Waals surface area contributed by atoms with Crippen LogP contribution < -0.4 is 10.2 Å². The van der Waals surface area contributed by atoms with Crippen molar-refractivity contribution in [2.75, 3.05) is 29.6 Å². The normalized spacial score (nSPS) is 15.1. The molecule has 0 bridgehead atoms. The van der Waals surface area contributed by atoms with Crippen LogP contribution in [0.5, 0.6) is 0 Å². The molecule has 4 rings (SSSR count). The minimum absolute atomic E-state index is 0.0133. The number of piperidine rings is 1. The van der Waals surface area contributed by atoms with Gasteiger partial charge in [0.05, 0.1) is 16.0 Å². The van der Waals surface area contributed by atoms with E-state index < -0.39 is 27.5 Å². The number of sulfone groups is 1. The van der Waals surface area contributed by atoms with Crippen molar-refractivity contribution >= 4 is 27.2 Å². The molecule has 6 nitrogen and oxygen atoms in total. The van der Waals surface area contributed by atoms with E-state index in [0.29, 0.717) is 19.0 Å². The summed E-state index contributed by atoms with van der Waals surface area (Å²) < 4.78 is 63.9. The Bertz CT molecular complexity index is 1320. The minimum Gasteiger partial charge on any atom is -0.356 e. The summed E-state index contributed by atoms with van der Waals surface area (Å²) in [5, 5.41) is 2.53. The highest BCUT2D eigenvalue weighted by Gasteiger charge is 2.34. The number of rotatable bonds is 5. The van der Waals surface area contributed by atoms with Crippen LogP contribution in [0.1, 0.15) is 40.2 Å². The van der Waals surface area contributed by atoms with Gasteiger partial charge in [0.25, 0.3) is 5.91 Å². The average molecular weight is 504 g/mol. The molecule has 1 fully saturated rings. The third-order valence-corrected chi connectivity index (χ3v) is 7.13. The Hall–Kier alpha value is -3.40. The van der Waals surface area contributed by atoms with Crippen molar-refractivity contribution in [3.05, 3.63) is 83.6 Å². The van der Waals surface area contributed by atoms with Crippen LogP contribution >= 0.6 is 0 Å². The van der Waals surface area contributed by atoms with E-state index in [1.54, 1.807) is 0 Å². The monoisotopic (exact) mass is 503 g/mol. The van der Waals surface area contributed by atoms with Crippen LogP contribution in [0, 0.1) is 0 Å². The lowest BCUT2D eigenvalue weighted by atomic mass is 9.89. The van der Waals surface area contributed by atoms with Gasteiger partial charge in [0.15, 0.2) is 9.84 Å². The molecule has 2 heterocycles. The number of nitrogens with one attached hydrogen (secondary N) is 1. The van der Waals surface area contributed by atoms with Gasteiger partial charge >= 0.3 is 6.18 Å². The lowest BCUT2D eigenvalue weighted by molar-refractivity contribution is -0.137. The van der Waals surface area contributed by atoms with Gasteiger partial charge in [-0.1, -0.05) is 36.4 Å². The fourth-order valence-electron chi connectivity index (χ4n) is 4.18. The summed E-state index contributed by atoms with van der Waals surface area (Å²) in [6.07, 6.45) is -1.37. The molecule has 0 aliphatic carbocycles. The number of pyridine rings is 1. The highest BCUT2D eigenvalue weighted by Crippen LogP contribution is 2.35. The summed E-state index contributed by atoms with van der Waals surface area (Å²) in [6.45, 7) is 1.06. The van der Waals surface area contributed by atoms with Gasteiger partial charge in [0, 0.05) is 31.2 Å². The molecule has 0 saturated carbocycles. The van der Waals surface area contributed by atoms with Crippen LogP contribution in [0.25, 0.3) is 0 Å². The highest BCUT2D eigenvalue weighted by molar-refractivity contribution is 7.90. The number of alkyl halides is 3. The molecule has 1 aliphatic rings. The molecule has 0 unspecified atom stereocenters. The molecular formula is C25H24F3N3O3S. The van der Waals surface area contributed by atoms with Crippen LogP contribution in [-0.2, 0) is 16.0 Å². The summed E-state index contributed by atoms with van der Waals surface area (Å²) in [5.74, 6) is -0.311. The average Bonchev–Trinajstić information content (AvgIpc) is 2.83. The van der Waals surface area contributed by atoms with E-state index in [0.717, 1.165) is 31.4 Å². The standard InChI is InChI=1S/C25H24F3N3O3S/c1-35(33,34)21-9-5-8-20(15-21)30-24(32)22-14-19(25(26,27)28)16-29-23(22)31-12-10-18(11-13-31)17-6-3-2-4-7-17/h2-9,14-16,18H,10-13H2,1H3,(H,30,32). The summed E-state index contributed by atoms with van der Waals surface area (Å²) >= 11 is 0. The molecule has 10 heteroatoms. The number of hydrogen-bond donors (Lipinski definition) is 1. The quantitative estimate of drug-likeness (QED) is 0.522. The zero-order chi connectivity index (χ0) is 25.2. The molecule has 1 aromatic heterocycles. The van der Waals surface area contributed by atoms with Crippen LogP contribution in [0.3, 0.4) is 0 Å². The van der Waals surface area contributed by atoms with Crippen LogP contribution in [-0.4, -0.2) is 38.7 Å². The fourth-order valence-corrected chi connectivity index (χ4v) is 4.85. The highest BCUT2D eigenvalue weighted by atomic mass is 32.2. The number of hydrogen-bond acceptors (Lipinski definition) is 5. The van der Waals surface area contributed by atoms with Gasteiger partial charge in [-0.15, -0.1) is 0 Å². The Morgan fingerprint density at radius 2 is 1.71 bits per heavy atom. The maximum atomic E-state index is 13.4. The Balaban J connectivity index is 1.61. The molecule has 1 aliphatic heterocycles. The number of halogens is 3. The summed E-state index contributed by atoms with van der Waals surface area (Å²) in [6, 6.07) is 16.4. The smallest absolute Gasteiger partial charge is 0.356 e. The molecule has 0 spiro atoms. The molecule has 0 atom stereocenters. The number of carbonyl (C=O) groups is 1. The van der Waals surface area contributed by atoms with Gasteiger partial charge in [0.1, 0.15) is 5.82 Å². The van der Waals surface area contributed by atoms with Gasteiger partial charge in [0.2, 0.25) is 0 Å². The first kappa shape index (κ1) is 24.7.